The number of rotatable bonds is 4. The molecule has 1 N–H and O–H groups in total. The van der Waals surface area contributed by atoms with E-state index >= 15 is 0 Å². The van der Waals surface area contributed by atoms with Gasteiger partial charge in [0.1, 0.15) is 13.2 Å². The van der Waals surface area contributed by atoms with Crippen LogP contribution in [0, 0.1) is 12.8 Å². The Hall–Kier alpha value is -3.02. The van der Waals surface area contributed by atoms with E-state index in [0.29, 0.717) is 43.5 Å². The Bertz CT molecular complexity index is 880. The average Bonchev–Trinajstić information content (AvgIpc) is 3.04. The Morgan fingerprint density at radius 2 is 1.93 bits per heavy atom. The third kappa shape index (κ3) is 3.74. The fourth-order valence-electron chi connectivity index (χ4n) is 3.46. The van der Waals surface area contributed by atoms with Crippen molar-refractivity contribution in [3.63, 3.8) is 0 Å². The largest absolute Gasteiger partial charge is 0.486 e. The fraction of sp³-hybridized carbons (Fsp3) is 0.333. The minimum atomic E-state index is -0.352. The number of likely N-dealkylation sites (tertiary alicyclic amines) is 1. The van der Waals surface area contributed by atoms with Crippen molar-refractivity contribution < 1.29 is 19.1 Å². The van der Waals surface area contributed by atoms with Gasteiger partial charge in [-0.05, 0) is 30.2 Å². The van der Waals surface area contributed by atoms with E-state index in [4.69, 9.17) is 9.47 Å². The molecule has 1 atom stereocenters. The van der Waals surface area contributed by atoms with Crippen molar-refractivity contribution in [1.29, 1.82) is 0 Å². The lowest BCUT2D eigenvalue weighted by Gasteiger charge is -2.20. The number of carbonyl (C=O) groups is 2. The molecule has 4 rings (SSSR count). The topological polar surface area (TPSA) is 67.9 Å². The Morgan fingerprint density at radius 3 is 2.74 bits per heavy atom. The van der Waals surface area contributed by atoms with E-state index in [2.05, 4.69) is 5.32 Å². The second-order valence-electron chi connectivity index (χ2n) is 6.95. The van der Waals surface area contributed by atoms with Crippen molar-refractivity contribution in [2.24, 2.45) is 5.92 Å². The van der Waals surface area contributed by atoms with Crippen LogP contribution in [0.1, 0.15) is 17.5 Å². The number of anilines is 1. The molecular formula is C21H22N2O4. The van der Waals surface area contributed by atoms with Gasteiger partial charge in [0.15, 0.2) is 11.5 Å². The third-order valence-corrected chi connectivity index (χ3v) is 5.02. The molecule has 140 valence electrons. The van der Waals surface area contributed by atoms with Gasteiger partial charge in [-0.15, -0.1) is 0 Å². The highest BCUT2D eigenvalue weighted by atomic mass is 16.6. The molecule has 1 saturated heterocycles. The molecule has 0 saturated carbocycles. The summed E-state index contributed by atoms with van der Waals surface area (Å²) in [5.74, 6) is 0.824. The number of hydrogen-bond donors (Lipinski definition) is 1. The second-order valence-corrected chi connectivity index (χ2v) is 6.95. The smallest absolute Gasteiger partial charge is 0.229 e. The summed E-state index contributed by atoms with van der Waals surface area (Å²) in [4.78, 5) is 26.7. The van der Waals surface area contributed by atoms with E-state index in [0.717, 1.165) is 11.1 Å². The summed E-state index contributed by atoms with van der Waals surface area (Å²) in [6, 6.07) is 13.3. The van der Waals surface area contributed by atoms with E-state index in [-0.39, 0.29) is 24.2 Å². The van der Waals surface area contributed by atoms with E-state index in [1.807, 2.05) is 31.2 Å². The fourth-order valence-corrected chi connectivity index (χ4v) is 3.46. The summed E-state index contributed by atoms with van der Waals surface area (Å²) in [6.07, 6.45) is 0.238. The van der Waals surface area contributed by atoms with Gasteiger partial charge in [-0.2, -0.15) is 0 Å². The minimum Gasteiger partial charge on any atom is -0.486 e. The first kappa shape index (κ1) is 17.4. The van der Waals surface area contributed by atoms with Crippen molar-refractivity contribution in [2.75, 3.05) is 25.1 Å². The predicted molar refractivity (Wildman–Crippen MR) is 101 cm³/mol. The summed E-state index contributed by atoms with van der Waals surface area (Å²) in [5.41, 5.74) is 2.90. The zero-order chi connectivity index (χ0) is 18.8. The first-order chi connectivity index (χ1) is 13.1. The summed E-state index contributed by atoms with van der Waals surface area (Å²) in [6.45, 7) is 4.03. The van der Waals surface area contributed by atoms with Gasteiger partial charge in [-0.25, -0.2) is 0 Å². The molecule has 6 heteroatoms. The number of hydrogen-bond acceptors (Lipinski definition) is 4. The molecule has 1 fully saturated rings. The van der Waals surface area contributed by atoms with Gasteiger partial charge in [0.25, 0.3) is 0 Å². The number of carbonyl (C=O) groups excluding carboxylic acids is 2. The predicted octanol–water partition coefficient (Wildman–Crippen LogP) is 2.75. The number of aryl methyl sites for hydroxylation is 1. The lowest BCUT2D eigenvalue weighted by Crippen LogP contribution is -2.28. The Balaban J connectivity index is 1.40. The molecule has 2 aliphatic rings. The van der Waals surface area contributed by atoms with Crippen LogP contribution in [0.25, 0.3) is 0 Å². The van der Waals surface area contributed by atoms with Crippen LogP contribution in [-0.4, -0.2) is 36.5 Å². The zero-order valence-electron chi connectivity index (χ0n) is 15.2. The molecule has 1 unspecified atom stereocenters. The lowest BCUT2D eigenvalue weighted by molar-refractivity contribution is -0.128. The zero-order valence-corrected chi connectivity index (χ0v) is 15.2. The number of nitrogens with one attached hydrogen (secondary N) is 1. The quantitative estimate of drug-likeness (QED) is 0.904. The maximum Gasteiger partial charge on any atom is 0.229 e. The summed E-state index contributed by atoms with van der Waals surface area (Å²) >= 11 is 0. The van der Waals surface area contributed by atoms with E-state index < -0.39 is 0 Å². The van der Waals surface area contributed by atoms with Crippen LogP contribution >= 0.6 is 0 Å². The van der Waals surface area contributed by atoms with Crippen molar-refractivity contribution in [3.8, 4) is 11.5 Å². The molecular weight excluding hydrogens is 344 g/mol. The molecule has 2 aromatic rings. The highest BCUT2D eigenvalue weighted by molar-refractivity contribution is 5.97. The maximum atomic E-state index is 12.6. The van der Waals surface area contributed by atoms with Gasteiger partial charge in [-0.3, -0.25) is 9.59 Å². The summed E-state index contributed by atoms with van der Waals surface area (Å²) < 4.78 is 11.0. The number of amides is 2. The molecule has 27 heavy (non-hydrogen) atoms. The minimum absolute atomic E-state index is 0.0144. The molecule has 0 bridgehead atoms. The molecule has 0 radical (unpaired) electrons. The van der Waals surface area contributed by atoms with Crippen LogP contribution in [0.15, 0.2) is 42.5 Å². The van der Waals surface area contributed by atoms with Crippen LogP contribution in [-0.2, 0) is 16.1 Å². The van der Waals surface area contributed by atoms with Crippen molar-refractivity contribution in [1.82, 2.24) is 4.90 Å². The van der Waals surface area contributed by atoms with Crippen LogP contribution in [0.4, 0.5) is 5.69 Å². The number of ether oxygens (including phenoxy) is 2. The van der Waals surface area contributed by atoms with Gasteiger partial charge >= 0.3 is 0 Å². The molecule has 6 nitrogen and oxygen atoms in total. The lowest BCUT2D eigenvalue weighted by atomic mass is 10.1. The molecule has 0 aromatic heterocycles. The van der Waals surface area contributed by atoms with Crippen LogP contribution in [0.5, 0.6) is 11.5 Å². The van der Waals surface area contributed by atoms with E-state index in [1.54, 1.807) is 23.1 Å². The standard InChI is InChI=1S/C21H22N2O4/c1-14-4-2-3-5-15(14)12-23-13-16(10-20(23)24)21(25)22-17-6-7-18-19(11-17)27-9-8-26-18/h2-7,11,16H,8-10,12-13H2,1H3,(H,22,25). The monoisotopic (exact) mass is 366 g/mol. The van der Waals surface area contributed by atoms with Crippen molar-refractivity contribution in [2.45, 2.75) is 19.9 Å². The van der Waals surface area contributed by atoms with Crippen LogP contribution < -0.4 is 14.8 Å². The van der Waals surface area contributed by atoms with Crippen molar-refractivity contribution in [3.05, 3.63) is 53.6 Å². The SMILES string of the molecule is Cc1ccccc1CN1CC(C(=O)Nc2ccc3c(c2)OCCO3)CC1=O. The molecule has 0 spiro atoms. The first-order valence-electron chi connectivity index (χ1n) is 9.13. The average molecular weight is 366 g/mol. The van der Waals surface area contributed by atoms with Gasteiger partial charge in [-0.1, -0.05) is 24.3 Å². The number of nitrogens with zero attached hydrogens (tertiary/aromatic N) is 1. The number of benzene rings is 2. The summed E-state index contributed by atoms with van der Waals surface area (Å²) in [7, 11) is 0. The molecule has 0 aliphatic carbocycles. The van der Waals surface area contributed by atoms with E-state index in [1.165, 1.54) is 0 Å². The van der Waals surface area contributed by atoms with Crippen LogP contribution in [0.2, 0.25) is 0 Å². The van der Waals surface area contributed by atoms with Gasteiger partial charge in [0, 0.05) is 31.3 Å². The molecule has 2 amide bonds. The maximum absolute atomic E-state index is 12.6. The first-order valence-corrected chi connectivity index (χ1v) is 9.13. The molecule has 2 aliphatic heterocycles. The van der Waals surface area contributed by atoms with Gasteiger partial charge < -0.3 is 19.7 Å². The van der Waals surface area contributed by atoms with Crippen LogP contribution in [0.3, 0.4) is 0 Å². The highest BCUT2D eigenvalue weighted by Crippen LogP contribution is 2.33. The van der Waals surface area contributed by atoms with Gasteiger partial charge in [0.05, 0.1) is 5.92 Å². The molecule has 2 aromatic carbocycles. The second kappa shape index (κ2) is 7.31. The summed E-state index contributed by atoms with van der Waals surface area (Å²) in [5, 5.41) is 2.90. The van der Waals surface area contributed by atoms with Gasteiger partial charge in [0.2, 0.25) is 11.8 Å². The van der Waals surface area contributed by atoms with Crippen molar-refractivity contribution >= 4 is 17.5 Å². The molecule has 2 heterocycles. The Kier molecular flexibility index (Phi) is 4.71. The Morgan fingerprint density at radius 1 is 1.15 bits per heavy atom. The highest BCUT2D eigenvalue weighted by Gasteiger charge is 2.34. The van der Waals surface area contributed by atoms with E-state index in [9.17, 15) is 9.59 Å². The third-order valence-electron chi connectivity index (χ3n) is 5.02. The number of fused-ring (bicyclic) bond motifs is 1. The normalized spacial score (nSPS) is 18.5. The Labute approximate surface area is 158 Å².